The molecule has 0 aromatic heterocycles. The van der Waals surface area contributed by atoms with Crippen molar-refractivity contribution < 1.29 is 9.90 Å². The summed E-state index contributed by atoms with van der Waals surface area (Å²) in [5.41, 5.74) is 2.52. The molecule has 0 bridgehead atoms. The van der Waals surface area contributed by atoms with Gasteiger partial charge in [-0.25, -0.2) is 0 Å². The van der Waals surface area contributed by atoms with Gasteiger partial charge in [-0.2, -0.15) is 0 Å². The molecule has 4 rings (SSSR count). The molecule has 0 radical (unpaired) electrons. The van der Waals surface area contributed by atoms with Crippen molar-refractivity contribution in [3.05, 3.63) is 11.6 Å². The highest BCUT2D eigenvalue weighted by atomic mass is 16.4. The summed E-state index contributed by atoms with van der Waals surface area (Å²) < 4.78 is 0. The van der Waals surface area contributed by atoms with E-state index in [0.29, 0.717) is 23.2 Å². The number of carboxylic acid groups (broad SMARTS) is 1. The molecule has 2 nitrogen and oxygen atoms in total. The summed E-state index contributed by atoms with van der Waals surface area (Å²) in [6.45, 7) is 15.0. The van der Waals surface area contributed by atoms with Gasteiger partial charge in [-0.05, 0) is 116 Å². The van der Waals surface area contributed by atoms with Crippen LogP contribution in [0.2, 0.25) is 0 Å². The number of fused-ring (bicyclic) bond motifs is 5. The largest absolute Gasteiger partial charge is 0.481 e. The van der Waals surface area contributed by atoms with Crippen LogP contribution in [0.15, 0.2) is 11.6 Å². The van der Waals surface area contributed by atoms with Gasteiger partial charge in [0.1, 0.15) is 0 Å². The van der Waals surface area contributed by atoms with E-state index in [4.69, 9.17) is 0 Å². The maximum atomic E-state index is 11.3. The minimum atomic E-state index is -0.615. The molecule has 9 atom stereocenters. The summed E-state index contributed by atoms with van der Waals surface area (Å²) in [5.74, 6) is 5.84. The molecular weight excluding hydrogens is 404 g/mol. The SMILES string of the molecule is CC[C@@H](CC[C@H](C)[C@@H]1CC[C@H]2[C@@H]3CC=C4C[C@H](CC(=O)O)CC[C@]4(C)[C@H]3CC[C@@]21C)C(C)C. The fourth-order valence-electron chi connectivity index (χ4n) is 9.82. The quantitative estimate of drug-likeness (QED) is 0.371. The summed E-state index contributed by atoms with van der Waals surface area (Å²) in [6, 6.07) is 0. The maximum absolute atomic E-state index is 11.3. The lowest BCUT2D eigenvalue weighted by atomic mass is 9.46. The molecule has 4 aliphatic carbocycles. The van der Waals surface area contributed by atoms with Crippen LogP contribution in [0.5, 0.6) is 0 Å². The second-order valence-corrected chi connectivity index (χ2v) is 13.7. The fourth-order valence-corrected chi connectivity index (χ4v) is 9.82. The van der Waals surface area contributed by atoms with Crippen molar-refractivity contribution >= 4 is 5.97 Å². The van der Waals surface area contributed by atoms with Crippen LogP contribution in [0.25, 0.3) is 0 Å². The minimum absolute atomic E-state index is 0.342. The van der Waals surface area contributed by atoms with Crippen molar-refractivity contribution in [1.82, 2.24) is 0 Å². The van der Waals surface area contributed by atoms with Crippen LogP contribution in [0.4, 0.5) is 0 Å². The molecule has 0 aromatic rings. The summed E-state index contributed by atoms with van der Waals surface area (Å²) in [5, 5.41) is 9.30. The Morgan fingerprint density at radius 1 is 1.06 bits per heavy atom. The topological polar surface area (TPSA) is 37.3 Å². The summed E-state index contributed by atoms with van der Waals surface area (Å²) in [4.78, 5) is 11.3. The first kappa shape index (κ1) is 25.3. The van der Waals surface area contributed by atoms with E-state index >= 15 is 0 Å². The van der Waals surface area contributed by atoms with Crippen LogP contribution in [0.1, 0.15) is 119 Å². The fraction of sp³-hybridized carbons (Fsp3) is 0.903. The zero-order valence-corrected chi connectivity index (χ0v) is 22.5. The van der Waals surface area contributed by atoms with Gasteiger partial charge in [-0.15, -0.1) is 0 Å². The van der Waals surface area contributed by atoms with Gasteiger partial charge in [0.15, 0.2) is 0 Å². The van der Waals surface area contributed by atoms with Crippen LogP contribution in [-0.2, 0) is 4.79 Å². The summed E-state index contributed by atoms with van der Waals surface area (Å²) in [6.07, 6.45) is 17.5. The average Bonchev–Trinajstić information content (AvgIpc) is 3.11. The van der Waals surface area contributed by atoms with Gasteiger partial charge in [0.05, 0.1) is 0 Å². The number of aliphatic carboxylic acids is 1. The Morgan fingerprint density at radius 3 is 2.48 bits per heavy atom. The number of carbonyl (C=O) groups is 1. The van der Waals surface area contributed by atoms with Crippen molar-refractivity contribution in [1.29, 1.82) is 0 Å². The Kier molecular flexibility index (Phi) is 7.43. The molecular formula is C31H52O2. The minimum Gasteiger partial charge on any atom is -0.481 e. The number of carboxylic acids is 1. The predicted octanol–water partition coefficient (Wildman–Crippen LogP) is 8.75. The van der Waals surface area contributed by atoms with E-state index < -0.39 is 5.97 Å². The first-order valence-electron chi connectivity index (χ1n) is 14.5. The molecule has 3 saturated carbocycles. The van der Waals surface area contributed by atoms with Gasteiger partial charge in [-0.3, -0.25) is 4.79 Å². The Balaban J connectivity index is 1.46. The van der Waals surface area contributed by atoms with Crippen LogP contribution < -0.4 is 0 Å². The van der Waals surface area contributed by atoms with Gasteiger partial charge < -0.3 is 5.11 Å². The van der Waals surface area contributed by atoms with Crippen molar-refractivity contribution in [2.45, 2.75) is 119 Å². The van der Waals surface area contributed by atoms with Gasteiger partial charge in [0.25, 0.3) is 0 Å². The molecule has 1 N–H and O–H groups in total. The lowest BCUT2D eigenvalue weighted by Crippen LogP contribution is -2.50. The smallest absolute Gasteiger partial charge is 0.303 e. The first-order chi connectivity index (χ1) is 15.6. The molecule has 0 aliphatic heterocycles. The molecule has 4 aliphatic rings. The standard InChI is InChI=1S/C31H52O2/c1-7-23(20(2)3)9-8-21(4)26-12-13-27-25-11-10-24-18-22(19-29(32)33)14-16-30(24,5)28(25)15-17-31(26,27)6/h10,20-23,25-28H,7-9,11-19H2,1-6H3,(H,32,33)/t21-,22+,23-,25-,26-,27-,28-,30-,31+/m0/s1. The van der Waals surface area contributed by atoms with Gasteiger partial charge >= 0.3 is 5.97 Å². The third-order valence-corrected chi connectivity index (χ3v) is 11.9. The first-order valence-corrected chi connectivity index (χ1v) is 14.5. The monoisotopic (exact) mass is 456 g/mol. The van der Waals surface area contributed by atoms with Gasteiger partial charge in [-0.1, -0.05) is 66.0 Å². The zero-order chi connectivity index (χ0) is 24.0. The summed E-state index contributed by atoms with van der Waals surface area (Å²) >= 11 is 0. The van der Waals surface area contributed by atoms with Crippen LogP contribution >= 0.6 is 0 Å². The van der Waals surface area contributed by atoms with E-state index in [2.05, 4.69) is 47.6 Å². The highest BCUT2D eigenvalue weighted by molar-refractivity contribution is 5.67. The van der Waals surface area contributed by atoms with Crippen LogP contribution in [0, 0.1) is 58.2 Å². The molecule has 0 unspecified atom stereocenters. The Bertz CT molecular complexity index is 737. The lowest BCUT2D eigenvalue weighted by molar-refractivity contribution is -0.138. The average molecular weight is 457 g/mol. The highest BCUT2D eigenvalue weighted by Crippen LogP contribution is 2.67. The van der Waals surface area contributed by atoms with Crippen molar-refractivity contribution in [2.24, 2.45) is 58.2 Å². The highest BCUT2D eigenvalue weighted by Gasteiger charge is 2.59. The zero-order valence-electron chi connectivity index (χ0n) is 22.5. The third kappa shape index (κ3) is 4.58. The Hall–Kier alpha value is -0.790. The van der Waals surface area contributed by atoms with E-state index in [1.165, 1.54) is 57.8 Å². The number of hydrogen-bond acceptors (Lipinski definition) is 1. The van der Waals surface area contributed by atoms with Crippen molar-refractivity contribution in [2.75, 3.05) is 0 Å². The molecule has 2 heteroatoms. The molecule has 188 valence electrons. The summed E-state index contributed by atoms with van der Waals surface area (Å²) in [7, 11) is 0. The predicted molar refractivity (Wildman–Crippen MR) is 138 cm³/mol. The molecule has 3 fully saturated rings. The molecule has 0 aromatic carbocycles. The van der Waals surface area contributed by atoms with Crippen LogP contribution in [-0.4, -0.2) is 11.1 Å². The van der Waals surface area contributed by atoms with Crippen LogP contribution in [0.3, 0.4) is 0 Å². The van der Waals surface area contributed by atoms with E-state index in [9.17, 15) is 9.90 Å². The molecule has 0 saturated heterocycles. The van der Waals surface area contributed by atoms with E-state index in [1.807, 2.05) is 0 Å². The normalized spacial score (nSPS) is 42.2. The van der Waals surface area contributed by atoms with E-state index in [-0.39, 0.29) is 0 Å². The number of hydrogen-bond donors (Lipinski definition) is 1. The second kappa shape index (κ2) is 9.69. The van der Waals surface area contributed by atoms with E-state index in [0.717, 1.165) is 54.3 Å². The third-order valence-electron chi connectivity index (χ3n) is 11.9. The Labute approximate surface area is 204 Å². The van der Waals surface area contributed by atoms with Gasteiger partial charge in [0, 0.05) is 6.42 Å². The Morgan fingerprint density at radius 2 is 1.82 bits per heavy atom. The molecule has 0 amide bonds. The molecule has 0 spiro atoms. The second-order valence-electron chi connectivity index (χ2n) is 13.7. The molecule has 33 heavy (non-hydrogen) atoms. The van der Waals surface area contributed by atoms with Gasteiger partial charge in [0.2, 0.25) is 0 Å². The van der Waals surface area contributed by atoms with E-state index in [1.54, 1.807) is 5.57 Å². The maximum Gasteiger partial charge on any atom is 0.303 e. The van der Waals surface area contributed by atoms with Crippen molar-refractivity contribution in [3.8, 4) is 0 Å². The number of allylic oxidation sites excluding steroid dienone is 2. The number of rotatable bonds is 8. The lowest BCUT2D eigenvalue weighted by Gasteiger charge is -2.58. The van der Waals surface area contributed by atoms with Crippen molar-refractivity contribution in [3.63, 3.8) is 0 Å². The molecule has 0 heterocycles.